The molecule has 0 unspecified atom stereocenters. The van der Waals surface area contributed by atoms with Gasteiger partial charge in [0.2, 0.25) is 5.91 Å². The molecule has 3 N–H and O–H groups in total. The Hall–Kier alpha value is -3.62. The molecule has 30 heavy (non-hydrogen) atoms. The molecule has 150 valence electrons. The van der Waals surface area contributed by atoms with Crippen LogP contribution in [0.4, 0.5) is 11.5 Å². The van der Waals surface area contributed by atoms with E-state index in [2.05, 4.69) is 27.2 Å². The van der Waals surface area contributed by atoms with Crippen LogP contribution in [0.15, 0.2) is 73.6 Å². The Balaban J connectivity index is 1.62. The Bertz CT molecular complexity index is 1180. The fourth-order valence-corrected chi connectivity index (χ4v) is 3.87. The number of aliphatic hydroxyl groups excluding tert-OH is 1. The highest BCUT2D eigenvalue weighted by molar-refractivity contribution is 7.21. The molecule has 4 rings (SSSR count). The number of nitrogens with zero attached hydrogens (tertiary/aromatic N) is 3. The molecule has 7 nitrogen and oxygen atoms in total. The van der Waals surface area contributed by atoms with Gasteiger partial charge < -0.3 is 15.7 Å². The first-order chi connectivity index (χ1) is 14.7. The van der Waals surface area contributed by atoms with E-state index in [0.29, 0.717) is 17.0 Å². The van der Waals surface area contributed by atoms with Gasteiger partial charge in [-0.05, 0) is 35.9 Å². The van der Waals surface area contributed by atoms with E-state index in [-0.39, 0.29) is 18.6 Å². The molecule has 0 radical (unpaired) electrons. The Morgan fingerprint density at radius 1 is 1.13 bits per heavy atom. The number of aliphatic hydroxyl groups is 1. The lowest BCUT2D eigenvalue weighted by Gasteiger charge is -2.17. The van der Waals surface area contributed by atoms with E-state index < -0.39 is 0 Å². The van der Waals surface area contributed by atoms with Crippen LogP contribution in [0.3, 0.4) is 0 Å². The zero-order valence-corrected chi connectivity index (χ0v) is 16.8. The standard InChI is InChI=1S/C22H19N5O2S/c1-2-18(29)25-16-10-8-15(9-11-16)21-27-19-20(23-13-24-22(19)30-21)26-17(12-28)14-6-4-3-5-7-14/h2-11,13,17,28H,1,12H2,(H,25,29)(H,23,24,26)/t17-/m1/s1. The number of aromatic nitrogens is 3. The molecule has 0 aliphatic rings. The highest BCUT2D eigenvalue weighted by atomic mass is 32.1. The van der Waals surface area contributed by atoms with Crippen molar-refractivity contribution in [3.05, 3.63) is 79.1 Å². The number of carbonyl (C=O) groups is 1. The summed E-state index contributed by atoms with van der Waals surface area (Å²) < 4.78 is 0. The number of nitrogens with one attached hydrogen (secondary N) is 2. The number of fused-ring (bicyclic) bond motifs is 1. The van der Waals surface area contributed by atoms with Crippen molar-refractivity contribution in [1.82, 2.24) is 15.0 Å². The van der Waals surface area contributed by atoms with Crippen LogP contribution in [0.25, 0.3) is 20.9 Å². The minimum absolute atomic E-state index is 0.0790. The first-order valence-electron chi connectivity index (χ1n) is 9.25. The van der Waals surface area contributed by atoms with Gasteiger partial charge in [0.25, 0.3) is 0 Å². The number of thiazole rings is 1. The first-order valence-corrected chi connectivity index (χ1v) is 10.1. The van der Waals surface area contributed by atoms with E-state index in [9.17, 15) is 9.90 Å². The summed E-state index contributed by atoms with van der Waals surface area (Å²) in [6.45, 7) is 3.37. The van der Waals surface area contributed by atoms with Gasteiger partial charge in [0.05, 0.1) is 12.6 Å². The molecular weight excluding hydrogens is 398 g/mol. The average molecular weight is 417 g/mol. The van der Waals surface area contributed by atoms with Crippen LogP contribution in [0.1, 0.15) is 11.6 Å². The van der Waals surface area contributed by atoms with Gasteiger partial charge in [0.1, 0.15) is 21.7 Å². The number of carbonyl (C=O) groups excluding carboxylic acids is 1. The molecule has 0 bridgehead atoms. The summed E-state index contributed by atoms with van der Waals surface area (Å²) in [6, 6.07) is 16.8. The predicted molar refractivity (Wildman–Crippen MR) is 119 cm³/mol. The molecule has 1 amide bonds. The second kappa shape index (κ2) is 8.81. The van der Waals surface area contributed by atoms with Gasteiger partial charge >= 0.3 is 0 Å². The van der Waals surface area contributed by atoms with Gasteiger partial charge in [-0.3, -0.25) is 4.79 Å². The third-order valence-electron chi connectivity index (χ3n) is 4.48. The van der Waals surface area contributed by atoms with Crippen LogP contribution >= 0.6 is 11.3 Å². The van der Waals surface area contributed by atoms with Gasteiger partial charge in [-0.25, -0.2) is 15.0 Å². The summed E-state index contributed by atoms with van der Waals surface area (Å²) in [7, 11) is 0. The van der Waals surface area contributed by atoms with Crippen LogP contribution in [0.5, 0.6) is 0 Å². The lowest BCUT2D eigenvalue weighted by molar-refractivity contribution is -0.111. The third kappa shape index (κ3) is 4.19. The zero-order valence-electron chi connectivity index (χ0n) is 15.9. The summed E-state index contributed by atoms with van der Waals surface area (Å²) in [4.78, 5) is 25.6. The summed E-state index contributed by atoms with van der Waals surface area (Å²) in [5, 5.41) is 16.6. The number of amides is 1. The Morgan fingerprint density at radius 3 is 2.60 bits per heavy atom. The molecule has 0 saturated heterocycles. The molecule has 0 aliphatic heterocycles. The summed E-state index contributed by atoms with van der Waals surface area (Å²) in [5.41, 5.74) is 3.19. The Kier molecular flexibility index (Phi) is 5.78. The van der Waals surface area contributed by atoms with E-state index in [4.69, 9.17) is 4.98 Å². The van der Waals surface area contributed by atoms with Crippen molar-refractivity contribution < 1.29 is 9.90 Å². The number of benzene rings is 2. The zero-order chi connectivity index (χ0) is 20.9. The summed E-state index contributed by atoms with van der Waals surface area (Å²) in [5.74, 6) is 0.311. The lowest BCUT2D eigenvalue weighted by Crippen LogP contribution is -2.15. The highest BCUT2D eigenvalue weighted by Gasteiger charge is 2.16. The normalized spacial score (nSPS) is 11.8. The molecule has 2 aromatic heterocycles. The van der Waals surface area contributed by atoms with E-state index in [0.717, 1.165) is 21.0 Å². The molecule has 1 atom stereocenters. The molecule has 2 aromatic carbocycles. The fraction of sp³-hybridized carbons (Fsp3) is 0.0909. The molecule has 4 aromatic rings. The quantitative estimate of drug-likeness (QED) is 0.393. The number of anilines is 2. The molecular formula is C22H19N5O2S. The largest absolute Gasteiger partial charge is 0.394 e. The second-order valence-corrected chi connectivity index (χ2v) is 7.43. The van der Waals surface area contributed by atoms with Crippen molar-refractivity contribution in [2.45, 2.75) is 6.04 Å². The second-order valence-electron chi connectivity index (χ2n) is 6.46. The summed E-state index contributed by atoms with van der Waals surface area (Å²) in [6.07, 6.45) is 2.71. The number of hydrogen-bond acceptors (Lipinski definition) is 7. The smallest absolute Gasteiger partial charge is 0.247 e. The van der Waals surface area contributed by atoms with Gasteiger partial charge in [0.15, 0.2) is 5.82 Å². The number of hydrogen-bond donors (Lipinski definition) is 3. The Morgan fingerprint density at radius 2 is 1.90 bits per heavy atom. The van der Waals surface area contributed by atoms with E-state index in [1.165, 1.54) is 23.7 Å². The maximum absolute atomic E-state index is 11.4. The molecule has 0 spiro atoms. The molecule has 0 fully saturated rings. The van der Waals surface area contributed by atoms with Crippen molar-refractivity contribution in [2.75, 3.05) is 17.2 Å². The fourth-order valence-electron chi connectivity index (χ4n) is 2.96. The van der Waals surface area contributed by atoms with Crippen molar-refractivity contribution in [1.29, 1.82) is 0 Å². The SMILES string of the molecule is C=CC(=O)Nc1ccc(-c2nc3c(N[C@H](CO)c4ccccc4)ncnc3s2)cc1. The van der Waals surface area contributed by atoms with Crippen molar-refractivity contribution in [3.63, 3.8) is 0 Å². The van der Waals surface area contributed by atoms with Crippen LogP contribution in [-0.4, -0.2) is 32.6 Å². The topological polar surface area (TPSA) is 100 Å². The van der Waals surface area contributed by atoms with Crippen LogP contribution in [0, 0.1) is 0 Å². The molecule has 0 saturated carbocycles. The van der Waals surface area contributed by atoms with Gasteiger partial charge in [-0.1, -0.05) is 48.2 Å². The van der Waals surface area contributed by atoms with Gasteiger partial charge in [-0.15, -0.1) is 0 Å². The molecule has 8 heteroatoms. The highest BCUT2D eigenvalue weighted by Crippen LogP contribution is 2.33. The van der Waals surface area contributed by atoms with E-state index in [1.54, 1.807) is 0 Å². The van der Waals surface area contributed by atoms with Crippen molar-refractivity contribution >= 4 is 39.1 Å². The van der Waals surface area contributed by atoms with Crippen LogP contribution in [-0.2, 0) is 4.79 Å². The van der Waals surface area contributed by atoms with Gasteiger partial charge in [-0.2, -0.15) is 0 Å². The average Bonchev–Trinajstić information content (AvgIpc) is 3.23. The minimum atomic E-state index is -0.304. The van der Waals surface area contributed by atoms with Crippen molar-refractivity contribution in [2.24, 2.45) is 0 Å². The van der Waals surface area contributed by atoms with Crippen LogP contribution in [0.2, 0.25) is 0 Å². The maximum Gasteiger partial charge on any atom is 0.247 e. The van der Waals surface area contributed by atoms with Crippen molar-refractivity contribution in [3.8, 4) is 10.6 Å². The molecule has 0 aliphatic carbocycles. The minimum Gasteiger partial charge on any atom is -0.394 e. The first kappa shape index (κ1) is 19.7. The monoisotopic (exact) mass is 417 g/mol. The van der Waals surface area contributed by atoms with Crippen LogP contribution < -0.4 is 10.6 Å². The molecule has 2 heterocycles. The third-order valence-corrected chi connectivity index (χ3v) is 5.49. The van der Waals surface area contributed by atoms with Gasteiger partial charge in [0, 0.05) is 11.3 Å². The van der Waals surface area contributed by atoms with E-state index in [1.807, 2.05) is 54.6 Å². The maximum atomic E-state index is 11.4. The lowest BCUT2D eigenvalue weighted by atomic mass is 10.1. The Labute approximate surface area is 177 Å². The summed E-state index contributed by atoms with van der Waals surface area (Å²) >= 11 is 1.45. The number of rotatable bonds is 7. The van der Waals surface area contributed by atoms with E-state index >= 15 is 0 Å². The predicted octanol–water partition coefficient (Wildman–Crippen LogP) is 4.02.